The number of hydrogen-bond donors (Lipinski definition) is 1. The van der Waals surface area contributed by atoms with Gasteiger partial charge in [-0.1, -0.05) is 24.6 Å². The van der Waals surface area contributed by atoms with E-state index in [2.05, 4.69) is 22.3 Å². The van der Waals surface area contributed by atoms with Crippen molar-refractivity contribution in [3.63, 3.8) is 0 Å². The van der Waals surface area contributed by atoms with Crippen LogP contribution in [0.2, 0.25) is 0 Å². The number of pyridine rings is 1. The van der Waals surface area contributed by atoms with Crippen LogP contribution in [0.4, 0.5) is 19.0 Å². The highest BCUT2D eigenvalue weighted by Crippen LogP contribution is 2.31. The highest BCUT2D eigenvalue weighted by atomic mass is 19.4. The molecule has 1 amide bonds. The lowest BCUT2D eigenvalue weighted by Gasteiger charge is -2.40. The van der Waals surface area contributed by atoms with Crippen molar-refractivity contribution in [1.82, 2.24) is 19.7 Å². The summed E-state index contributed by atoms with van der Waals surface area (Å²) in [5, 5.41) is 7.61. The molecular formula is C25H28F3N5O. The van der Waals surface area contributed by atoms with Gasteiger partial charge in [0.2, 0.25) is 0 Å². The molecule has 3 aromatic rings. The number of aryl methyl sites for hydroxylation is 2. The van der Waals surface area contributed by atoms with Crippen molar-refractivity contribution in [2.75, 3.05) is 18.4 Å². The Morgan fingerprint density at radius 1 is 1.21 bits per heavy atom. The SMILES string of the molecule is Cc1ccc(-c2ccn(C)n2)c(C(=O)N2CCC[C@@H](C)C2CNc2ccc(C(F)(F)F)cn2)c1. The van der Waals surface area contributed by atoms with Crippen LogP contribution < -0.4 is 5.32 Å². The molecule has 180 valence electrons. The van der Waals surface area contributed by atoms with Gasteiger partial charge in [0.05, 0.1) is 17.3 Å². The molecule has 1 aromatic carbocycles. The fourth-order valence-corrected chi connectivity index (χ4v) is 4.46. The summed E-state index contributed by atoms with van der Waals surface area (Å²) in [7, 11) is 1.84. The third-order valence-electron chi connectivity index (χ3n) is 6.35. The van der Waals surface area contributed by atoms with Gasteiger partial charge in [-0.2, -0.15) is 18.3 Å². The van der Waals surface area contributed by atoms with Crippen molar-refractivity contribution in [1.29, 1.82) is 0 Å². The van der Waals surface area contributed by atoms with E-state index in [1.54, 1.807) is 4.68 Å². The predicted molar refractivity (Wildman–Crippen MR) is 124 cm³/mol. The van der Waals surface area contributed by atoms with Crippen molar-refractivity contribution in [3.05, 3.63) is 65.5 Å². The zero-order chi connectivity index (χ0) is 24.5. The molecule has 1 unspecified atom stereocenters. The maximum Gasteiger partial charge on any atom is 0.417 e. The average molecular weight is 472 g/mol. The summed E-state index contributed by atoms with van der Waals surface area (Å²) in [5.74, 6) is 0.508. The molecule has 34 heavy (non-hydrogen) atoms. The van der Waals surface area contributed by atoms with E-state index in [4.69, 9.17) is 0 Å². The first-order valence-electron chi connectivity index (χ1n) is 11.3. The zero-order valence-electron chi connectivity index (χ0n) is 19.4. The first kappa shape index (κ1) is 23.8. The molecule has 0 radical (unpaired) electrons. The zero-order valence-corrected chi connectivity index (χ0v) is 19.4. The van der Waals surface area contributed by atoms with E-state index >= 15 is 0 Å². The maximum absolute atomic E-state index is 13.8. The van der Waals surface area contributed by atoms with E-state index in [1.165, 1.54) is 6.07 Å². The Hall–Kier alpha value is -3.36. The van der Waals surface area contributed by atoms with Crippen LogP contribution in [0.1, 0.15) is 41.3 Å². The van der Waals surface area contributed by atoms with Crippen molar-refractivity contribution in [2.24, 2.45) is 13.0 Å². The minimum Gasteiger partial charge on any atom is -0.368 e. The molecule has 0 saturated carbocycles. The first-order valence-corrected chi connectivity index (χ1v) is 11.3. The molecule has 2 atom stereocenters. The number of carbonyl (C=O) groups is 1. The summed E-state index contributed by atoms with van der Waals surface area (Å²) < 4.78 is 40.2. The fraction of sp³-hybridized carbons (Fsp3) is 0.400. The summed E-state index contributed by atoms with van der Waals surface area (Å²) in [4.78, 5) is 19.6. The summed E-state index contributed by atoms with van der Waals surface area (Å²) >= 11 is 0. The largest absolute Gasteiger partial charge is 0.417 e. The Morgan fingerprint density at radius 3 is 2.65 bits per heavy atom. The molecule has 0 spiro atoms. The molecule has 1 fully saturated rings. The smallest absolute Gasteiger partial charge is 0.368 e. The monoisotopic (exact) mass is 471 g/mol. The number of carbonyl (C=O) groups excluding carboxylic acids is 1. The minimum atomic E-state index is -4.42. The quantitative estimate of drug-likeness (QED) is 0.558. The number of aromatic nitrogens is 3. The lowest BCUT2D eigenvalue weighted by Crippen LogP contribution is -2.51. The van der Waals surface area contributed by atoms with Crippen LogP contribution in [0.25, 0.3) is 11.3 Å². The normalized spacial score (nSPS) is 18.7. The summed E-state index contributed by atoms with van der Waals surface area (Å²) in [6.07, 6.45) is 0.105. The number of hydrogen-bond acceptors (Lipinski definition) is 4. The number of alkyl halides is 3. The fourth-order valence-electron chi connectivity index (χ4n) is 4.46. The van der Waals surface area contributed by atoms with Crippen LogP contribution >= 0.6 is 0 Å². The van der Waals surface area contributed by atoms with Crippen LogP contribution in [0.15, 0.2) is 48.8 Å². The average Bonchev–Trinajstić information content (AvgIpc) is 3.23. The second-order valence-electron chi connectivity index (χ2n) is 8.92. The molecular weight excluding hydrogens is 443 g/mol. The van der Waals surface area contributed by atoms with E-state index in [9.17, 15) is 18.0 Å². The van der Waals surface area contributed by atoms with Gasteiger partial charge in [0.1, 0.15) is 5.82 Å². The van der Waals surface area contributed by atoms with Gasteiger partial charge in [-0.15, -0.1) is 0 Å². The molecule has 1 aliphatic heterocycles. The molecule has 9 heteroatoms. The van der Waals surface area contributed by atoms with E-state index in [0.29, 0.717) is 24.5 Å². The van der Waals surface area contributed by atoms with Gasteiger partial charge in [0.25, 0.3) is 5.91 Å². The lowest BCUT2D eigenvalue weighted by atomic mass is 9.89. The Morgan fingerprint density at radius 2 is 2.00 bits per heavy atom. The molecule has 4 rings (SSSR count). The Labute approximate surface area is 196 Å². The number of benzene rings is 1. The van der Waals surface area contributed by atoms with E-state index in [1.807, 2.05) is 49.3 Å². The molecule has 0 aliphatic carbocycles. The lowest BCUT2D eigenvalue weighted by molar-refractivity contribution is -0.137. The number of anilines is 1. The Kier molecular flexibility index (Phi) is 6.63. The molecule has 1 aliphatic rings. The first-order chi connectivity index (χ1) is 16.1. The highest BCUT2D eigenvalue weighted by molar-refractivity contribution is 6.01. The minimum absolute atomic E-state index is 0.0666. The number of piperidine rings is 1. The van der Waals surface area contributed by atoms with Gasteiger partial charge >= 0.3 is 6.18 Å². The van der Waals surface area contributed by atoms with Gasteiger partial charge in [0, 0.05) is 43.7 Å². The van der Waals surface area contributed by atoms with Crippen LogP contribution in [0, 0.1) is 12.8 Å². The number of likely N-dealkylation sites (tertiary alicyclic amines) is 1. The van der Waals surface area contributed by atoms with Crippen molar-refractivity contribution in [3.8, 4) is 11.3 Å². The van der Waals surface area contributed by atoms with Crippen molar-refractivity contribution in [2.45, 2.75) is 38.9 Å². The van der Waals surface area contributed by atoms with Crippen LogP contribution in [0.5, 0.6) is 0 Å². The molecule has 2 aromatic heterocycles. The molecule has 0 bridgehead atoms. The number of nitrogens with zero attached hydrogens (tertiary/aromatic N) is 4. The highest BCUT2D eigenvalue weighted by Gasteiger charge is 2.34. The maximum atomic E-state index is 13.8. The van der Waals surface area contributed by atoms with Crippen LogP contribution in [-0.2, 0) is 13.2 Å². The van der Waals surface area contributed by atoms with E-state index in [0.717, 1.165) is 41.9 Å². The van der Waals surface area contributed by atoms with Gasteiger partial charge in [-0.05, 0) is 49.9 Å². The third kappa shape index (κ3) is 5.08. The summed E-state index contributed by atoms with van der Waals surface area (Å²) in [6, 6.07) is 9.88. The second kappa shape index (κ2) is 9.48. The second-order valence-corrected chi connectivity index (χ2v) is 8.92. The van der Waals surface area contributed by atoms with Crippen molar-refractivity contribution >= 4 is 11.7 Å². The topological polar surface area (TPSA) is 63.1 Å². The van der Waals surface area contributed by atoms with Gasteiger partial charge in [-0.25, -0.2) is 4.98 Å². The molecule has 1 saturated heterocycles. The molecule has 6 nitrogen and oxygen atoms in total. The van der Waals surface area contributed by atoms with Gasteiger partial charge in [-0.3, -0.25) is 9.48 Å². The van der Waals surface area contributed by atoms with E-state index in [-0.39, 0.29) is 17.9 Å². The number of nitrogens with one attached hydrogen (secondary N) is 1. The standard InChI is InChI=1S/C25H28F3N5O/c1-16-6-8-19(21-10-12-32(3)31-21)20(13-16)24(34)33-11-4-5-17(2)22(33)15-30-23-9-7-18(14-29-23)25(26,27)28/h6-10,12-14,17,22H,4-5,11,15H2,1-3H3,(H,29,30)/t17-,22?/m1/s1. The number of halogens is 3. The Balaban J connectivity index is 1.57. The summed E-state index contributed by atoms with van der Waals surface area (Å²) in [5.41, 5.74) is 2.31. The van der Waals surface area contributed by atoms with Gasteiger partial charge in [0.15, 0.2) is 0 Å². The van der Waals surface area contributed by atoms with Crippen LogP contribution in [-0.4, -0.2) is 44.7 Å². The summed E-state index contributed by atoms with van der Waals surface area (Å²) in [6.45, 7) is 5.07. The number of rotatable bonds is 5. The predicted octanol–water partition coefficient (Wildman–Crippen LogP) is 5.16. The molecule has 3 heterocycles. The van der Waals surface area contributed by atoms with Gasteiger partial charge < -0.3 is 10.2 Å². The molecule has 1 N–H and O–H groups in total. The number of amides is 1. The third-order valence-corrected chi connectivity index (χ3v) is 6.35. The Bertz CT molecular complexity index is 1160. The van der Waals surface area contributed by atoms with E-state index < -0.39 is 11.7 Å². The van der Waals surface area contributed by atoms with Crippen LogP contribution in [0.3, 0.4) is 0 Å². The van der Waals surface area contributed by atoms with Crippen molar-refractivity contribution < 1.29 is 18.0 Å².